The highest BCUT2D eigenvalue weighted by molar-refractivity contribution is 5.57. The SMILES string of the molecule is CC.COc1ccc(Oc2cc(Oc3ccc(OC)c(F)c3F)c3ncc(C)n3n2)c(F)c1F. The Morgan fingerprint density at radius 2 is 1.18 bits per heavy atom. The number of hydrogen-bond donors (Lipinski definition) is 0. The van der Waals surface area contributed by atoms with Gasteiger partial charge in [0.25, 0.3) is 0 Å². The number of rotatable bonds is 6. The number of nitrogens with zero attached hydrogens (tertiary/aromatic N) is 3. The first kappa shape index (κ1) is 24.6. The first-order chi connectivity index (χ1) is 16.3. The summed E-state index contributed by atoms with van der Waals surface area (Å²) in [7, 11) is 2.39. The second-order valence-electron chi connectivity index (χ2n) is 6.47. The predicted octanol–water partition coefficient (Wildman–Crippen LogP) is 6.22. The predicted molar refractivity (Wildman–Crippen MR) is 115 cm³/mol. The summed E-state index contributed by atoms with van der Waals surface area (Å²) in [6.07, 6.45) is 1.46. The zero-order valence-corrected chi connectivity index (χ0v) is 19.0. The maximum Gasteiger partial charge on any atom is 0.241 e. The smallest absolute Gasteiger partial charge is 0.241 e. The van der Waals surface area contributed by atoms with Crippen molar-refractivity contribution in [3.05, 3.63) is 65.5 Å². The highest BCUT2D eigenvalue weighted by Gasteiger charge is 2.21. The molecule has 0 unspecified atom stereocenters. The minimum Gasteiger partial charge on any atom is -0.494 e. The van der Waals surface area contributed by atoms with E-state index >= 15 is 0 Å². The van der Waals surface area contributed by atoms with Crippen LogP contribution in [-0.2, 0) is 0 Å². The number of fused-ring (bicyclic) bond motifs is 1. The molecule has 34 heavy (non-hydrogen) atoms. The third-order valence-corrected chi connectivity index (χ3v) is 4.48. The van der Waals surface area contributed by atoms with Crippen molar-refractivity contribution in [2.45, 2.75) is 20.8 Å². The van der Waals surface area contributed by atoms with Gasteiger partial charge in [0.2, 0.25) is 29.1 Å². The van der Waals surface area contributed by atoms with Crippen LogP contribution in [0.3, 0.4) is 0 Å². The van der Waals surface area contributed by atoms with Crippen LogP contribution in [0.2, 0.25) is 0 Å². The lowest BCUT2D eigenvalue weighted by Crippen LogP contribution is -2.02. The Balaban J connectivity index is 0.00000158. The van der Waals surface area contributed by atoms with Gasteiger partial charge in [-0.05, 0) is 31.2 Å². The molecular weight excluding hydrogens is 458 g/mol. The topological polar surface area (TPSA) is 67.1 Å². The molecule has 0 aliphatic rings. The molecule has 0 bridgehead atoms. The number of aryl methyl sites for hydroxylation is 1. The number of halogens is 4. The van der Waals surface area contributed by atoms with E-state index in [0.29, 0.717) is 5.69 Å². The fraction of sp³-hybridized carbons (Fsp3) is 0.217. The van der Waals surface area contributed by atoms with Crippen molar-refractivity contribution in [1.29, 1.82) is 0 Å². The van der Waals surface area contributed by atoms with Crippen molar-refractivity contribution < 1.29 is 36.5 Å². The molecule has 4 rings (SSSR count). The molecular formula is C23H21F4N3O4. The minimum absolute atomic E-state index is 0.0686. The van der Waals surface area contributed by atoms with Gasteiger partial charge in [-0.15, -0.1) is 5.10 Å². The van der Waals surface area contributed by atoms with E-state index < -0.39 is 34.8 Å². The molecule has 11 heteroatoms. The largest absolute Gasteiger partial charge is 0.494 e. The quantitative estimate of drug-likeness (QED) is 0.306. The van der Waals surface area contributed by atoms with Crippen LogP contribution in [0.1, 0.15) is 19.5 Å². The van der Waals surface area contributed by atoms with Crippen molar-refractivity contribution in [2.75, 3.05) is 14.2 Å². The van der Waals surface area contributed by atoms with Crippen LogP contribution in [0.4, 0.5) is 17.6 Å². The van der Waals surface area contributed by atoms with Crippen molar-refractivity contribution >= 4 is 5.65 Å². The van der Waals surface area contributed by atoms with Crippen LogP contribution >= 0.6 is 0 Å². The lowest BCUT2D eigenvalue weighted by Gasteiger charge is -2.13. The lowest BCUT2D eigenvalue weighted by atomic mass is 10.3. The molecule has 2 heterocycles. The Morgan fingerprint density at radius 3 is 1.71 bits per heavy atom. The van der Waals surface area contributed by atoms with Gasteiger partial charge in [-0.1, -0.05) is 13.8 Å². The molecule has 180 valence electrons. The second-order valence-corrected chi connectivity index (χ2v) is 6.47. The monoisotopic (exact) mass is 479 g/mol. The summed E-state index contributed by atoms with van der Waals surface area (Å²) in [4.78, 5) is 4.13. The number of ether oxygens (including phenoxy) is 4. The van der Waals surface area contributed by atoms with Crippen molar-refractivity contribution in [1.82, 2.24) is 14.6 Å². The average Bonchev–Trinajstić information content (AvgIpc) is 3.22. The first-order valence-corrected chi connectivity index (χ1v) is 10.1. The molecule has 2 aromatic heterocycles. The Bertz CT molecular complexity index is 1330. The van der Waals surface area contributed by atoms with E-state index in [0.717, 1.165) is 6.07 Å². The Kier molecular flexibility index (Phi) is 7.44. The number of methoxy groups -OCH3 is 2. The van der Waals surface area contributed by atoms with Crippen LogP contribution in [-0.4, -0.2) is 28.8 Å². The maximum absolute atomic E-state index is 14.4. The van der Waals surface area contributed by atoms with Gasteiger partial charge in [-0.25, -0.2) is 9.50 Å². The molecule has 0 fully saturated rings. The summed E-state index contributed by atoms with van der Waals surface area (Å²) in [6.45, 7) is 5.67. The Labute approximate surface area is 192 Å². The molecule has 0 spiro atoms. The van der Waals surface area contributed by atoms with E-state index in [-0.39, 0.29) is 28.8 Å². The molecule has 0 aliphatic carbocycles. The van der Waals surface area contributed by atoms with Gasteiger partial charge in [0, 0.05) is 6.07 Å². The van der Waals surface area contributed by atoms with Gasteiger partial charge in [0.05, 0.1) is 26.1 Å². The fourth-order valence-corrected chi connectivity index (χ4v) is 2.89. The third-order valence-electron chi connectivity index (χ3n) is 4.48. The summed E-state index contributed by atoms with van der Waals surface area (Å²) in [5, 5.41) is 4.16. The number of benzene rings is 2. The van der Waals surface area contributed by atoms with E-state index in [1.165, 1.54) is 49.2 Å². The number of hydrogen-bond acceptors (Lipinski definition) is 6. The summed E-state index contributed by atoms with van der Waals surface area (Å²) in [5.41, 5.74) is 0.699. The van der Waals surface area contributed by atoms with E-state index in [1.54, 1.807) is 6.92 Å². The molecule has 0 saturated carbocycles. The number of aromatic nitrogens is 3. The highest BCUT2D eigenvalue weighted by Crippen LogP contribution is 2.36. The molecule has 0 saturated heterocycles. The summed E-state index contributed by atoms with van der Waals surface area (Å²) >= 11 is 0. The zero-order chi connectivity index (χ0) is 25.0. The third kappa shape index (κ3) is 4.54. The molecule has 7 nitrogen and oxygen atoms in total. The van der Waals surface area contributed by atoms with Crippen LogP contribution in [0.15, 0.2) is 36.5 Å². The molecule has 0 amide bonds. The zero-order valence-electron chi connectivity index (χ0n) is 19.0. The fourth-order valence-electron chi connectivity index (χ4n) is 2.89. The molecule has 0 atom stereocenters. The summed E-state index contributed by atoms with van der Waals surface area (Å²) < 4.78 is 78.5. The lowest BCUT2D eigenvalue weighted by molar-refractivity contribution is 0.351. The van der Waals surface area contributed by atoms with E-state index in [4.69, 9.17) is 18.9 Å². The maximum atomic E-state index is 14.4. The molecule has 4 aromatic rings. The van der Waals surface area contributed by atoms with Crippen molar-refractivity contribution in [2.24, 2.45) is 0 Å². The summed E-state index contributed by atoms with van der Waals surface area (Å²) in [5.74, 6) is -6.86. The summed E-state index contributed by atoms with van der Waals surface area (Å²) in [6, 6.07) is 5.88. The van der Waals surface area contributed by atoms with Crippen molar-refractivity contribution in [3.63, 3.8) is 0 Å². The van der Waals surface area contributed by atoms with Crippen molar-refractivity contribution in [3.8, 4) is 34.6 Å². The molecule has 0 N–H and O–H groups in total. The van der Waals surface area contributed by atoms with Gasteiger partial charge in [-0.2, -0.15) is 17.6 Å². The van der Waals surface area contributed by atoms with Gasteiger partial charge in [-0.3, -0.25) is 0 Å². The molecule has 0 aliphatic heterocycles. The number of imidazole rings is 1. The molecule has 2 aromatic carbocycles. The van der Waals surface area contributed by atoms with Gasteiger partial charge in [0.15, 0.2) is 34.4 Å². The van der Waals surface area contributed by atoms with E-state index in [1.807, 2.05) is 13.8 Å². The van der Waals surface area contributed by atoms with Crippen LogP contribution in [0, 0.1) is 30.2 Å². The normalized spacial score (nSPS) is 10.5. The highest BCUT2D eigenvalue weighted by atomic mass is 19.2. The van der Waals surface area contributed by atoms with Crippen LogP contribution in [0.5, 0.6) is 34.6 Å². The first-order valence-electron chi connectivity index (χ1n) is 10.1. The van der Waals surface area contributed by atoms with Gasteiger partial charge >= 0.3 is 0 Å². The van der Waals surface area contributed by atoms with E-state index in [2.05, 4.69) is 10.1 Å². The van der Waals surface area contributed by atoms with Crippen LogP contribution in [0.25, 0.3) is 5.65 Å². The van der Waals surface area contributed by atoms with Gasteiger partial charge < -0.3 is 18.9 Å². The second kappa shape index (κ2) is 10.3. The van der Waals surface area contributed by atoms with E-state index in [9.17, 15) is 17.6 Å². The van der Waals surface area contributed by atoms with Gasteiger partial charge in [0.1, 0.15) is 0 Å². The Morgan fingerprint density at radius 1 is 0.706 bits per heavy atom. The Hall–Kier alpha value is -4.02. The minimum atomic E-state index is -1.29. The average molecular weight is 479 g/mol. The molecule has 0 radical (unpaired) electrons. The van der Waals surface area contributed by atoms with Crippen LogP contribution < -0.4 is 18.9 Å². The standard InChI is InChI=1S/C21H15F4N3O4.C2H6/c1-10-9-26-21-15(31-13-6-4-11(29-2)17(22)19(13)24)8-16(27-28(10)21)32-14-7-5-12(30-3)18(23)20(14)25;1-2/h4-9H,1-3H3;1-2H3.